The summed E-state index contributed by atoms with van der Waals surface area (Å²) in [6.45, 7) is 2.57. The number of benzene rings is 2. The van der Waals surface area contributed by atoms with Crippen LogP contribution in [0, 0.1) is 28.1 Å². The van der Waals surface area contributed by atoms with Crippen LogP contribution in [0.25, 0.3) is 0 Å². The van der Waals surface area contributed by atoms with Gasteiger partial charge in [-0.1, -0.05) is 101 Å². The summed E-state index contributed by atoms with van der Waals surface area (Å²) in [6, 6.07) is -0.942. The van der Waals surface area contributed by atoms with Crippen molar-refractivity contribution in [2.45, 2.75) is 171 Å². The van der Waals surface area contributed by atoms with E-state index in [0.717, 1.165) is 0 Å². The number of aldehydes is 1. The molecule has 0 spiro atoms. The molecule has 43 nitrogen and oxygen atoms in total. The van der Waals surface area contributed by atoms with Gasteiger partial charge in [0.25, 0.3) is 0 Å². The lowest BCUT2D eigenvalue weighted by molar-refractivity contribution is -0.142. The van der Waals surface area contributed by atoms with E-state index >= 15 is 0 Å². The van der Waals surface area contributed by atoms with Crippen LogP contribution in [0.5, 0.6) is 0 Å². The van der Waals surface area contributed by atoms with Gasteiger partial charge in [-0.05, 0) is 61.5 Å². The summed E-state index contributed by atoms with van der Waals surface area (Å²) in [6.07, 6.45) is -0.354. The molecule has 638 valence electrons. The first kappa shape index (κ1) is 99.6. The van der Waals surface area contributed by atoms with Gasteiger partial charge in [0.15, 0.2) is 17.9 Å². The van der Waals surface area contributed by atoms with Crippen molar-refractivity contribution in [3.63, 3.8) is 0 Å². The quantitative estimate of drug-likeness (QED) is 0.00961. The van der Waals surface area contributed by atoms with Gasteiger partial charge in [-0.25, -0.2) is 0 Å². The van der Waals surface area contributed by atoms with E-state index in [1.165, 1.54) is 6.92 Å². The molecule has 0 unspecified atom stereocenters. The van der Waals surface area contributed by atoms with E-state index in [-0.39, 0.29) is 94.9 Å². The average Bonchev–Trinajstić information content (AvgIpc) is 0.845. The number of hydrogen-bond donors (Lipinski definition) is 29. The number of aliphatic hydroxyl groups excluding tert-OH is 2. The van der Waals surface area contributed by atoms with Crippen LogP contribution in [0.4, 0.5) is 0 Å². The molecule has 2 aromatic rings. The van der Waals surface area contributed by atoms with Crippen molar-refractivity contribution in [2.75, 3.05) is 64.0 Å². The van der Waals surface area contributed by atoms with Gasteiger partial charge in [0.05, 0.1) is 45.3 Å². The van der Waals surface area contributed by atoms with Crippen molar-refractivity contribution in [1.82, 2.24) is 90.4 Å². The van der Waals surface area contributed by atoms with Gasteiger partial charge < -0.3 is 133 Å². The maximum Gasteiger partial charge on any atom is 0.305 e. The molecule has 45 heteroatoms. The summed E-state index contributed by atoms with van der Waals surface area (Å²) in [4.78, 5) is 216. The molecule has 31 N–H and O–H groups in total. The normalized spacial score (nSPS) is 14.5. The fourth-order valence-electron chi connectivity index (χ4n) is 10.6. The number of carboxylic acids is 1. The molecular formula is C70H112N24O19S2. The number of guanidine groups is 3. The highest BCUT2D eigenvalue weighted by molar-refractivity contribution is 7.80. The second-order valence-corrected chi connectivity index (χ2v) is 27.3. The molecule has 0 radical (unpaired) electrons. The van der Waals surface area contributed by atoms with Crippen LogP contribution in [0.1, 0.15) is 96.6 Å². The first-order valence-corrected chi connectivity index (χ1v) is 38.1. The number of hydrogen-bond acceptors (Lipinski definition) is 24. The number of thiol groups is 2. The zero-order valence-electron chi connectivity index (χ0n) is 64.4. The third-order valence-electron chi connectivity index (χ3n) is 17.5. The van der Waals surface area contributed by atoms with Gasteiger partial charge in [-0.3, -0.25) is 88.1 Å². The van der Waals surface area contributed by atoms with E-state index in [1.807, 2.05) is 0 Å². The van der Waals surface area contributed by atoms with Gasteiger partial charge >= 0.3 is 5.97 Å². The number of carboxylic acid groups (broad SMARTS) is 1. The highest BCUT2D eigenvalue weighted by atomic mass is 32.1. The number of carbonyl (C=O) groups excluding carboxylic acids is 15. The molecular weight excluding hydrogens is 1550 g/mol. The average molecular weight is 1660 g/mol. The van der Waals surface area contributed by atoms with Crippen LogP contribution >= 0.6 is 25.3 Å². The Kier molecular flexibility index (Phi) is 47.0. The Balaban J connectivity index is 2.36. The zero-order valence-corrected chi connectivity index (χ0v) is 66.1. The van der Waals surface area contributed by atoms with Crippen molar-refractivity contribution in [3.8, 4) is 0 Å². The minimum absolute atomic E-state index is 0.00166. The first-order valence-electron chi connectivity index (χ1n) is 36.9. The van der Waals surface area contributed by atoms with Crippen molar-refractivity contribution < 1.29 is 92.0 Å². The number of carbonyl (C=O) groups is 16. The number of amides is 14. The highest BCUT2D eigenvalue weighted by Gasteiger charge is 2.38. The number of aliphatic hydroxyl groups is 2. The fourth-order valence-corrected chi connectivity index (χ4v) is 11.1. The lowest BCUT2D eigenvalue weighted by atomic mass is 9.96. The smallest absolute Gasteiger partial charge is 0.305 e. The van der Waals surface area contributed by atoms with Crippen molar-refractivity contribution in [1.29, 1.82) is 16.2 Å². The van der Waals surface area contributed by atoms with Crippen molar-refractivity contribution in [3.05, 3.63) is 71.8 Å². The standard InChI is InChI=1S/C70H112N24O19S2/c1-5-37(3)55(93-60(106)43(21-14-24-79-69(74)75)85-52(99)30-81-51(98)29-82-58(104)45(26-39-16-9-7-10-17-39)86-53(100)31-83-59(105)49(35-114)91-64(110)48(34-97)90-57(103)42(71)33-96)66(112)89-47(28-54(101)102)63(109)87-44(22-15-25-80-70(76)77)61(107)94-56(38(4)6-2)67(113)92-50(36-115)65(111)88-46(27-40-18-11-8-12-19-40)62(108)84-41(32-95)20-13-23-78-68(72)73/h7-12,16-19,32,37-38,41-50,55-56,96-97,114-115H,5-6,13-15,20-31,33-36,71H2,1-4H3,(H,81,98)(H,82,104)(H,83,105)(H,84,108)(H,85,99)(H,86,100)(H,87,109)(H,88,111)(H,89,112)(H,90,103)(H,91,110)(H,92,113)(H,93,106)(H,94,107)(H,101,102)(H4,72,73,78)(H4,74,75,79)(H4,76,77,80)/t37-,38-,41+,42-,43-,44-,45-,46+,47-,48-,49-,50-,55-,56-/m0/s1. The molecule has 14 atom stereocenters. The van der Waals surface area contributed by atoms with Gasteiger partial charge in [-0.15, -0.1) is 0 Å². The van der Waals surface area contributed by atoms with E-state index in [0.29, 0.717) is 23.8 Å². The summed E-state index contributed by atoms with van der Waals surface area (Å²) in [5.41, 5.74) is 22.9. The molecule has 0 saturated carbocycles. The second-order valence-electron chi connectivity index (χ2n) is 26.6. The van der Waals surface area contributed by atoms with E-state index in [1.54, 1.807) is 81.4 Å². The second kappa shape index (κ2) is 54.3. The Labute approximate surface area is 675 Å². The summed E-state index contributed by atoms with van der Waals surface area (Å²) in [7, 11) is 0. The van der Waals surface area contributed by atoms with Crippen LogP contribution in [0.2, 0.25) is 0 Å². The van der Waals surface area contributed by atoms with Crippen LogP contribution < -0.4 is 113 Å². The molecule has 0 aromatic heterocycles. The van der Waals surface area contributed by atoms with Gasteiger partial charge in [0.2, 0.25) is 82.7 Å². The predicted molar refractivity (Wildman–Crippen MR) is 425 cm³/mol. The fraction of sp³-hybridized carbons (Fsp3) is 0.557. The largest absolute Gasteiger partial charge is 0.481 e. The molecule has 0 aliphatic rings. The van der Waals surface area contributed by atoms with Crippen LogP contribution in [-0.2, 0) is 89.6 Å². The zero-order chi connectivity index (χ0) is 86.3. The molecule has 0 bridgehead atoms. The van der Waals surface area contributed by atoms with E-state index in [2.05, 4.69) is 116 Å². The summed E-state index contributed by atoms with van der Waals surface area (Å²) in [5.74, 6) is -18.6. The van der Waals surface area contributed by atoms with E-state index in [4.69, 9.17) is 44.3 Å². The lowest BCUT2D eigenvalue weighted by Gasteiger charge is -2.30. The minimum atomic E-state index is -1.98. The Morgan fingerprint density at radius 1 is 0.409 bits per heavy atom. The topological polar surface area (TPSA) is 714 Å². The third-order valence-corrected chi connectivity index (χ3v) is 18.2. The molecule has 0 saturated heterocycles. The molecule has 115 heavy (non-hydrogen) atoms. The van der Waals surface area contributed by atoms with Gasteiger partial charge in [0.1, 0.15) is 72.7 Å². The minimum Gasteiger partial charge on any atom is -0.481 e. The van der Waals surface area contributed by atoms with Crippen LogP contribution in [-0.4, -0.2) is 265 Å². The number of nitrogens with two attached hydrogens (primary N) is 4. The Morgan fingerprint density at radius 2 is 0.757 bits per heavy atom. The molecule has 2 aromatic carbocycles. The first-order chi connectivity index (χ1) is 54.5. The number of rotatable bonds is 55. The summed E-state index contributed by atoms with van der Waals surface area (Å²) in [5, 5.41) is 93.2. The highest BCUT2D eigenvalue weighted by Crippen LogP contribution is 2.15. The molecule has 0 aliphatic carbocycles. The molecule has 0 aliphatic heterocycles. The Hall–Kier alpha value is -11.5. The van der Waals surface area contributed by atoms with E-state index in [9.17, 15) is 86.9 Å². The Morgan fingerprint density at radius 3 is 1.19 bits per heavy atom. The van der Waals surface area contributed by atoms with Crippen molar-refractivity contribution >= 4 is 138 Å². The van der Waals surface area contributed by atoms with Gasteiger partial charge in [0, 0.05) is 44.0 Å². The number of nitrogens with one attached hydrogen (secondary N) is 20. The summed E-state index contributed by atoms with van der Waals surface area (Å²) < 4.78 is 0. The SMILES string of the molecule is CC[C@H](C)[C@H](NC(=O)[C@H](CCCNC(=N)N)NC(=O)CNC(=O)CNC(=O)[C@H](Cc1ccccc1)NC(=O)CNC(=O)[C@H](CS)NC(=O)[C@H](CO)NC(=O)[C@@H](N)CO)C(=O)N[C@@H](CC(=O)O)C(=O)N[C@@H](CCCNC(=N)N)C(=O)N[C@H](C(=O)N[C@@H](CS)C(=O)N[C@H](Cc1ccccc1)C(=O)N[C@@H](C=O)CCCNC(=N)N)[C@@H](C)CC. The van der Waals surface area contributed by atoms with Crippen LogP contribution in [0.3, 0.4) is 0 Å². The number of aliphatic carboxylic acids is 1. The van der Waals surface area contributed by atoms with Gasteiger partial charge in [-0.2, -0.15) is 25.3 Å². The molecule has 0 fully saturated rings. The predicted octanol–water partition coefficient (Wildman–Crippen LogP) is -9.12. The maximum absolute atomic E-state index is 14.5. The van der Waals surface area contributed by atoms with Crippen LogP contribution in [0.15, 0.2) is 60.7 Å². The molecule has 14 amide bonds. The lowest BCUT2D eigenvalue weighted by Crippen LogP contribution is -2.62. The third kappa shape index (κ3) is 39.2. The van der Waals surface area contributed by atoms with Crippen molar-refractivity contribution in [2.24, 2.45) is 34.8 Å². The maximum atomic E-state index is 14.5. The monoisotopic (exact) mass is 1660 g/mol. The van der Waals surface area contributed by atoms with E-state index < -0.39 is 224 Å². The molecule has 2 rings (SSSR count). The summed E-state index contributed by atoms with van der Waals surface area (Å²) >= 11 is 8.37. The Bertz CT molecular complexity index is 3620. The molecule has 0 heterocycles.